The molecule has 2 heterocycles. The molecule has 1 aliphatic rings. The van der Waals surface area contributed by atoms with Gasteiger partial charge in [0, 0.05) is 25.3 Å². The van der Waals surface area contributed by atoms with Gasteiger partial charge in [0.2, 0.25) is 21.8 Å². The molecule has 1 aromatic carbocycles. The van der Waals surface area contributed by atoms with Crippen molar-refractivity contribution in [2.75, 3.05) is 37.5 Å². The Kier molecular flexibility index (Phi) is 5.47. The molecular formula is C17H20FN5O4S. The highest BCUT2D eigenvalue weighted by molar-refractivity contribution is 7.88. The largest absolute Gasteiger partial charge is 0.496 e. The van der Waals surface area contributed by atoms with E-state index in [-0.39, 0.29) is 34.7 Å². The minimum atomic E-state index is -3.25. The van der Waals surface area contributed by atoms with E-state index in [1.807, 2.05) is 0 Å². The number of benzene rings is 1. The van der Waals surface area contributed by atoms with Gasteiger partial charge in [-0.05, 0) is 24.6 Å². The molecule has 0 unspecified atom stereocenters. The van der Waals surface area contributed by atoms with Crippen molar-refractivity contribution in [1.29, 1.82) is 0 Å². The number of hydrogen-bond acceptors (Lipinski definition) is 8. The molecule has 0 aliphatic carbocycles. The van der Waals surface area contributed by atoms with E-state index in [1.165, 1.54) is 29.7 Å². The number of sulfonamides is 1. The first kappa shape index (κ1) is 20.0. The van der Waals surface area contributed by atoms with Gasteiger partial charge in [0.25, 0.3) is 0 Å². The fraction of sp³-hybridized carbons (Fsp3) is 0.353. The average molecular weight is 409 g/mol. The molecule has 3 N–H and O–H groups in total. The number of ether oxygens (including phenoxy) is 1. The van der Waals surface area contributed by atoms with Gasteiger partial charge in [-0.15, -0.1) is 0 Å². The summed E-state index contributed by atoms with van der Waals surface area (Å²) in [6.07, 6.45) is 3.00. The van der Waals surface area contributed by atoms with Gasteiger partial charge in [-0.25, -0.2) is 22.1 Å². The number of carbonyl (C=O) groups excluding carboxylic acids is 1. The van der Waals surface area contributed by atoms with Gasteiger partial charge in [-0.3, -0.25) is 4.79 Å². The van der Waals surface area contributed by atoms with Crippen molar-refractivity contribution in [2.45, 2.75) is 12.5 Å². The van der Waals surface area contributed by atoms with Gasteiger partial charge in [0.15, 0.2) is 0 Å². The van der Waals surface area contributed by atoms with Gasteiger partial charge in [0.1, 0.15) is 17.4 Å². The third-order valence-electron chi connectivity index (χ3n) is 4.42. The maximum Gasteiger partial charge on any atom is 0.224 e. The van der Waals surface area contributed by atoms with Crippen LogP contribution < -0.4 is 15.8 Å². The van der Waals surface area contributed by atoms with Crippen LogP contribution >= 0.6 is 0 Å². The third-order valence-corrected chi connectivity index (χ3v) is 5.69. The number of rotatable bonds is 6. The molecule has 3 rings (SSSR count). The van der Waals surface area contributed by atoms with E-state index < -0.39 is 21.6 Å². The Morgan fingerprint density at radius 3 is 2.75 bits per heavy atom. The number of methoxy groups -OCH3 is 1. The summed E-state index contributed by atoms with van der Waals surface area (Å²) in [4.78, 5) is 20.9. The van der Waals surface area contributed by atoms with E-state index in [4.69, 9.17) is 10.5 Å². The number of ketones is 1. The summed E-state index contributed by atoms with van der Waals surface area (Å²) < 4.78 is 43.2. The molecule has 1 fully saturated rings. The number of halogens is 1. The molecule has 9 nitrogen and oxygen atoms in total. The third kappa shape index (κ3) is 4.20. The SMILES string of the molecule is COc1ccc(F)cc1C(=O)c1cnc(N[C@@H]2CCN(S(C)(=O)=O)C2)nc1N. The van der Waals surface area contributed by atoms with Crippen LogP contribution in [0.5, 0.6) is 5.75 Å². The van der Waals surface area contributed by atoms with Crippen LogP contribution in [0.25, 0.3) is 0 Å². The van der Waals surface area contributed by atoms with Crippen LogP contribution in [0.1, 0.15) is 22.3 Å². The van der Waals surface area contributed by atoms with Crippen molar-refractivity contribution < 1.29 is 22.3 Å². The van der Waals surface area contributed by atoms with Crippen molar-refractivity contribution in [3.05, 3.63) is 41.3 Å². The minimum absolute atomic E-state index is 0.0121. The number of nitrogens with zero attached hydrogens (tertiary/aromatic N) is 3. The number of hydrogen-bond donors (Lipinski definition) is 2. The van der Waals surface area contributed by atoms with Gasteiger partial charge in [-0.1, -0.05) is 0 Å². The van der Waals surface area contributed by atoms with Crippen molar-refractivity contribution in [2.24, 2.45) is 0 Å². The van der Waals surface area contributed by atoms with Gasteiger partial charge < -0.3 is 15.8 Å². The molecule has 0 amide bonds. The number of nitrogens with two attached hydrogens (primary N) is 1. The van der Waals surface area contributed by atoms with Gasteiger partial charge in [0.05, 0.1) is 24.5 Å². The first-order valence-corrected chi connectivity index (χ1v) is 10.3. The summed E-state index contributed by atoms with van der Waals surface area (Å²) in [6.45, 7) is 0.700. The standard InChI is InChI=1S/C17H20FN5O4S/c1-27-14-4-3-10(18)7-12(14)15(24)13-8-20-17(22-16(13)19)21-11-5-6-23(9-11)28(2,25)26/h3-4,7-8,11H,5-6,9H2,1-2H3,(H3,19,20,21,22)/t11-/m1/s1. The van der Waals surface area contributed by atoms with Crippen LogP contribution in [0.3, 0.4) is 0 Å². The average Bonchev–Trinajstić information content (AvgIpc) is 3.10. The molecule has 1 atom stereocenters. The van der Waals surface area contributed by atoms with Crippen molar-refractivity contribution in [3.63, 3.8) is 0 Å². The van der Waals surface area contributed by atoms with E-state index in [1.54, 1.807) is 0 Å². The summed E-state index contributed by atoms with van der Waals surface area (Å²) in [7, 11) is -1.88. The zero-order chi connectivity index (χ0) is 20.5. The Labute approximate surface area is 161 Å². The van der Waals surface area contributed by atoms with Crippen molar-refractivity contribution >= 4 is 27.6 Å². The first-order valence-electron chi connectivity index (χ1n) is 8.41. The lowest BCUT2D eigenvalue weighted by Gasteiger charge is -2.15. The predicted molar refractivity (Wildman–Crippen MR) is 101 cm³/mol. The summed E-state index contributed by atoms with van der Waals surface area (Å²) >= 11 is 0. The Hall–Kier alpha value is -2.79. The van der Waals surface area contributed by atoms with Crippen LogP contribution in [0.2, 0.25) is 0 Å². The number of nitrogens with one attached hydrogen (secondary N) is 1. The molecule has 28 heavy (non-hydrogen) atoms. The molecule has 150 valence electrons. The Bertz CT molecular complexity index is 1010. The molecule has 1 aromatic heterocycles. The van der Waals surface area contributed by atoms with Gasteiger partial charge in [-0.2, -0.15) is 4.98 Å². The molecule has 0 saturated carbocycles. The maximum atomic E-state index is 13.5. The lowest BCUT2D eigenvalue weighted by Crippen LogP contribution is -2.31. The number of carbonyl (C=O) groups is 1. The second-order valence-corrected chi connectivity index (χ2v) is 8.40. The predicted octanol–water partition coefficient (Wildman–Crippen LogP) is 0.883. The quantitative estimate of drug-likeness (QED) is 0.673. The molecule has 0 bridgehead atoms. The summed E-state index contributed by atoms with van der Waals surface area (Å²) in [6, 6.07) is 3.43. The minimum Gasteiger partial charge on any atom is -0.496 e. The summed E-state index contributed by atoms with van der Waals surface area (Å²) in [5, 5.41) is 3.02. The molecule has 0 spiro atoms. The maximum absolute atomic E-state index is 13.5. The molecule has 0 radical (unpaired) electrons. The smallest absolute Gasteiger partial charge is 0.224 e. The molecule has 11 heteroatoms. The van der Waals surface area contributed by atoms with Crippen molar-refractivity contribution in [3.8, 4) is 5.75 Å². The van der Waals surface area contributed by atoms with E-state index in [0.717, 1.165) is 12.3 Å². The molecule has 1 saturated heterocycles. The van der Waals surface area contributed by atoms with E-state index in [0.29, 0.717) is 19.5 Å². The van der Waals surface area contributed by atoms with Crippen LogP contribution in [0.4, 0.5) is 16.2 Å². The number of nitrogen functional groups attached to an aromatic ring is 1. The normalized spacial score (nSPS) is 17.5. The van der Waals surface area contributed by atoms with Crippen LogP contribution in [0, 0.1) is 5.82 Å². The van der Waals surface area contributed by atoms with Crippen molar-refractivity contribution in [1.82, 2.24) is 14.3 Å². The molecular weight excluding hydrogens is 389 g/mol. The second-order valence-electron chi connectivity index (χ2n) is 6.42. The highest BCUT2D eigenvalue weighted by Gasteiger charge is 2.29. The number of anilines is 2. The van der Waals surface area contributed by atoms with Crippen LogP contribution in [-0.2, 0) is 10.0 Å². The fourth-order valence-electron chi connectivity index (χ4n) is 2.97. The first-order chi connectivity index (χ1) is 13.2. The Morgan fingerprint density at radius 2 is 2.14 bits per heavy atom. The van der Waals surface area contributed by atoms with E-state index in [2.05, 4.69) is 15.3 Å². The Balaban J connectivity index is 1.78. The van der Waals surface area contributed by atoms with E-state index >= 15 is 0 Å². The molecule has 2 aromatic rings. The number of aromatic nitrogens is 2. The van der Waals surface area contributed by atoms with Crippen LogP contribution in [-0.4, -0.2) is 61.0 Å². The topological polar surface area (TPSA) is 128 Å². The van der Waals surface area contributed by atoms with E-state index in [9.17, 15) is 17.6 Å². The summed E-state index contributed by atoms with van der Waals surface area (Å²) in [5.74, 6) is -0.838. The monoisotopic (exact) mass is 409 g/mol. The molecule has 1 aliphatic heterocycles. The highest BCUT2D eigenvalue weighted by Crippen LogP contribution is 2.25. The second kappa shape index (κ2) is 7.68. The van der Waals surface area contributed by atoms with Gasteiger partial charge >= 0.3 is 0 Å². The zero-order valence-corrected chi connectivity index (χ0v) is 16.2. The lowest BCUT2D eigenvalue weighted by atomic mass is 10.0. The summed E-state index contributed by atoms with van der Waals surface area (Å²) in [5.41, 5.74) is 5.93. The van der Waals surface area contributed by atoms with Crippen LogP contribution in [0.15, 0.2) is 24.4 Å². The zero-order valence-electron chi connectivity index (χ0n) is 15.3. The fourth-order valence-corrected chi connectivity index (χ4v) is 3.86. The Morgan fingerprint density at radius 1 is 1.39 bits per heavy atom. The highest BCUT2D eigenvalue weighted by atomic mass is 32.2. The lowest BCUT2D eigenvalue weighted by molar-refractivity contribution is 0.103.